The Morgan fingerprint density at radius 1 is 1.20 bits per heavy atom. The van der Waals surface area contributed by atoms with Crippen LogP contribution in [0.4, 0.5) is 0 Å². The number of halogens is 2. The lowest BCUT2D eigenvalue weighted by atomic mass is 10.3. The van der Waals surface area contributed by atoms with Crippen molar-refractivity contribution in [1.29, 1.82) is 0 Å². The summed E-state index contributed by atoms with van der Waals surface area (Å²) in [5.74, 6) is 1.47. The molecule has 0 bridgehead atoms. The summed E-state index contributed by atoms with van der Waals surface area (Å²) in [6, 6.07) is 8.86. The molecule has 12 heteroatoms. The molecule has 0 unspecified atom stereocenters. The van der Waals surface area contributed by atoms with Gasteiger partial charge in [0.25, 0.3) is 5.91 Å². The van der Waals surface area contributed by atoms with Crippen LogP contribution in [0.1, 0.15) is 28.3 Å². The van der Waals surface area contributed by atoms with Crippen molar-refractivity contribution in [2.45, 2.75) is 23.8 Å². The predicted octanol–water partition coefficient (Wildman–Crippen LogP) is 5.41. The average Bonchev–Trinajstić information content (AvgIpc) is 3.65. The second-order valence-corrected chi connectivity index (χ2v) is 10.7. The molecule has 5 rings (SSSR count). The van der Waals surface area contributed by atoms with E-state index >= 15 is 0 Å². The molecule has 1 aliphatic rings. The molecule has 4 heterocycles. The molecule has 1 aromatic carbocycles. The van der Waals surface area contributed by atoms with Crippen molar-refractivity contribution in [2.75, 3.05) is 26.2 Å². The van der Waals surface area contributed by atoms with E-state index in [4.69, 9.17) is 27.6 Å². The maximum atomic E-state index is 12.5. The van der Waals surface area contributed by atoms with Gasteiger partial charge in [0.1, 0.15) is 10.7 Å². The molecule has 35 heavy (non-hydrogen) atoms. The Hall–Kier alpha value is -2.37. The lowest BCUT2D eigenvalue weighted by Crippen LogP contribution is -2.33. The summed E-state index contributed by atoms with van der Waals surface area (Å²) in [6.07, 6.45) is 4.06. The monoisotopic (exact) mass is 548 g/mol. The fourth-order valence-electron chi connectivity index (χ4n) is 3.84. The van der Waals surface area contributed by atoms with E-state index in [9.17, 15) is 4.79 Å². The van der Waals surface area contributed by atoms with Crippen molar-refractivity contribution in [1.82, 2.24) is 30.0 Å². The van der Waals surface area contributed by atoms with Crippen LogP contribution in [0.5, 0.6) is 0 Å². The summed E-state index contributed by atoms with van der Waals surface area (Å²) in [7, 11) is 0. The molecule has 8 nitrogen and oxygen atoms in total. The van der Waals surface area contributed by atoms with Gasteiger partial charge in [0, 0.05) is 23.5 Å². The second-order valence-electron chi connectivity index (χ2n) is 7.93. The Bertz CT molecular complexity index is 1300. The molecule has 0 atom stereocenters. The number of aromatic nitrogens is 4. The number of rotatable bonds is 9. The number of hydrogen-bond donors (Lipinski definition) is 1. The van der Waals surface area contributed by atoms with Crippen molar-refractivity contribution in [3.8, 4) is 17.3 Å². The summed E-state index contributed by atoms with van der Waals surface area (Å²) >= 11 is 15.5. The zero-order valence-corrected chi connectivity index (χ0v) is 21.8. The molecule has 1 saturated heterocycles. The highest BCUT2D eigenvalue weighted by Gasteiger charge is 2.21. The van der Waals surface area contributed by atoms with Gasteiger partial charge >= 0.3 is 0 Å². The van der Waals surface area contributed by atoms with E-state index in [2.05, 4.69) is 25.4 Å². The van der Waals surface area contributed by atoms with E-state index in [1.165, 1.54) is 35.9 Å². The van der Waals surface area contributed by atoms with Gasteiger partial charge in [-0.2, -0.15) is 0 Å². The molecule has 1 amide bonds. The maximum Gasteiger partial charge on any atom is 0.270 e. The number of furan rings is 1. The highest BCUT2D eigenvalue weighted by atomic mass is 35.5. The predicted molar refractivity (Wildman–Crippen MR) is 139 cm³/mol. The van der Waals surface area contributed by atoms with Gasteiger partial charge in [0.2, 0.25) is 5.82 Å². The fourth-order valence-corrected chi connectivity index (χ4v) is 6.07. The zero-order valence-electron chi connectivity index (χ0n) is 18.6. The van der Waals surface area contributed by atoms with Gasteiger partial charge in [-0.15, -0.1) is 21.5 Å². The van der Waals surface area contributed by atoms with Crippen molar-refractivity contribution in [2.24, 2.45) is 0 Å². The van der Waals surface area contributed by atoms with Crippen LogP contribution in [-0.4, -0.2) is 56.7 Å². The van der Waals surface area contributed by atoms with E-state index < -0.39 is 0 Å². The molecule has 1 aliphatic heterocycles. The number of thioether (sulfide) groups is 1. The fraction of sp³-hybridized carbons (Fsp3) is 0.304. The number of benzene rings is 1. The lowest BCUT2D eigenvalue weighted by Gasteiger charge is -2.14. The van der Waals surface area contributed by atoms with Gasteiger partial charge < -0.3 is 14.6 Å². The Balaban J connectivity index is 1.28. The molecule has 0 saturated carbocycles. The minimum absolute atomic E-state index is 0.145. The Kier molecular flexibility index (Phi) is 7.74. The second kappa shape index (κ2) is 11.1. The highest BCUT2D eigenvalue weighted by Crippen LogP contribution is 2.34. The molecular weight excluding hydrogens is 527 g/mol. The van der Waals surface area contributed by atoms with Gasteiger partial charge in [-0.3, -0.25) is 9.36 Å². The van der Waals surface area contributed by atoms with Crippen LogP contribution in [0.2, 0.25) is 10.0 Å². The van der Waals surface area contributed by atoms with Crippen molar-refractivity contribution in [3.05, 3.63) is 62.7 Å². The van der Waals surface area contributed by atoms with Crippen LogP contribution in [-0.2, 0) is 5.75 Å². The molecular formula is C23H22Cl2N6O2S2. The third-order valence-corrected chi connectivity index (χ3v) is 8.06. The highest BCUT2D eigenvalue weighted by molar-refractivity contribution is 7.98. The van der Waals surface area contributed by atoms with E-state index in [0.717, 1.165) is 24.6 Å². The number of thiazole rings is 1. The average molecular weight is 550 g/mol. The van der Waals surface area contributed by atoms with E-state index in [-0.39, 0.29) is 5.91 Å². The summed E-state index contributed by atoms with van der Waals surface area (Å²) in [5.41, 5.74) is 1.12. The quantitative estimate of drug-likeness (QED) is 0.280. The van der Waals surface area contributed by atoms with Crippen molar-refractivity contribution >= 4 is 52.2 Å². The topological polar surface area (TPSA) is 89.1 Å². The van der Waals surface area contributed by atoms with Crippen LogP contribution in [0.3, 0.4) is 0 Å². The van der Waals surface area contributed by atoms with Gasteiger partial charge in [-0.1, -0.05) is 35.0 Å². The maximum absolute atomic E-state index is 12.5. The zero-order chi connectivity index (χ0) is 24.2. The van der Waals surface area contributed by atoms with E-state index in [0.29, 0.717) is 50.5 Å². The molecule has 182 valence electrons. The van der Waals surface area contributed by atoms with Gasteiger partial charge in [-0.25, -0.2) is 4.98 Å². The largest absolute Gasteiger partial charge is 0.461 e. The summed E-state index contributed by atoms with van der Waals surface area (Å²) in [4.78, 5) is 19.4. The minimum atomic E-state index is -0.145. The first-order chi connectivity index (χ1) is 17.1. The Labute approximate surface area is 220 Å². The van der Waals surface area contributed by atoms with Crippen LogP contribution >= 0.6 is 46.3 Å². The lowest BCUT2D eigenvalue weighted by molar-refractivity contribution is 0.0945. The van der Waals surface area contributed by atoms with Crippen LogP contribution in [0.15, 0.2) is 51.5 Å². The molecule has 3 aromatic heterocycles. The number of hydrogen-bond acceptors (Lipinski definition) is 8. The van der Waals surface area contributed by atoms with E-state index in [1.807, 2.05) is 16.7 Å². The van der Waals surface area contributed by atoms with E-state index in [1.54, 1.807) is 29.8 Å². The first kappa shape index (κ1) is 24.3. The number of amides is 1. The first-order valence-electron chi connectivity index (χ1n) is 11.1. The summed E-state index contributed by atoms with van der Waals surface area (Å²) < 4.78 is 7.39. The smallest absolute Gasteiger partial charge is 0.270 e. The Morgan fingerprint density at radius 2 is 2.06 bits per heavy atom. The standard InChI is InChI=1S/C23H22Cl2N6O2S2/c24-15-5-6-18(16(25)12-15)31-21(19-4-3-11-33-19)28-29-23(31)35-14-20-27-17(13-34-20)22(32)26-7-10-30-8-1-2-9-30/h3-6,11-13H,1-2,7-10,14H2,(H,26,32). The molecule has 4 aromatic rings. The number of nitrogens with zero attached hydrogens (tertiary/aromatic N) is 5. The third-order valence-electron chi connectivity index (χ3n) is 5.55. The first-order valence-corrected chi connectivity index (χ1v) is 13.7. The number of likely N-dealkylation sites (tertiary alicyclic amines) is 1. The SMILES string of the molecule is O=C(NCCN1CCCC1)c1csc(CSc2nnc(-c3ccco3)n2-c2ccc(Cl)cc2Cl)n1. The van der Waals surface area contributed by atoms with Gasteiger partial charge in [0.05, 0.1) is 22.7 Å². The van der Waals surface area contributed by atoms with Crippen molar-refractivity contribution < 1.29 is 9.21 Å². The summed E-state index contributed by atoms with van der Waals surface area (Å²) in [5, 5.41) is 15.9. The molecule has 1 fully saturated rings. The molecule has 0 radical (unpaired) electrons. The van der Waals surface area contributed by atoms with Crippen LogP contribution < -0.4 is 5.32 Å². The number of nitrogens with one attached hydrogen (secondary N) is 1. The third kappa shape index (κ3) is 5.73. The molecule has 1 N–H and O–H groups in total. The van der Waals surface area contributed by atoms with Crippen LogP contribution in [0.25, 0.3) is 17.3 Å². The number of carbonyl (C=O) groups is 1. The van der Waals surface area contributed by atoms with Crippen LogP contribution in [0, 0.1) is 0 Å². The number of carbonyl (C=O) groups excluding carboxylic acids is 1. The minimum Gasteiger partial charge on any atom is -0.461 e. The molecule has 0 spiro atoms. The normalized spacial score (nSPS) is 14.0. The van der Waals surface area contributed by atoms with Gasteiger partial charge in [-0.05, 0) is 56.3 Å². The Morgan fingerprint density at radius 3 is 2.83 bits per heavy atom. The molecule has 0 aliphatic carbocycles. The van der Waals surface area contributed by atoms with Crippen molar-refractivity contribution in [3.63, 3.8) is 0 Å². The van der Waals surface area contributed by atoms with Gasteiger partial charge in [0.15, 0.2) is 10.9 Å². The summed E-state index contributed by atoms with van der Waals surface area (Å²) in [6.45, 7) is 3.73.